The third-order valence-electron chi connectivity index (χ3n) is 2.28. The molecular formula is C11H16BrN3O3S. The summed E-state index contributed by atoms with van der Waals surface area (Å²) in [6.45, 7) is 0.366. The number of amides is 1. The maximum absolute atomic E-state index is 11.7. The van der Waals surface area contributed by atoms with Crippen LogP contribution in [-0.2, 0) is 10.2 Å². The summed E-state index contributed by atoms with van der Waals surface area (Å²) in [5.41, 5.74) is 0.527. The second-order valence-corrected chi connectivity index (χ2v) is 6.83. The molecule has 8 heteroatoms. The van der Waals surface area contributed by atoms with Crippen molar-refractivity contribution < 1.29 is 13.2 Å². The lowest BCUT2D eigenvalue weighted by Gasteiger charge is -2.12. The summed E-state index contributed by atoms with van der Waals surface area (Å²) in [6.07, 6.45) is 0. The molecule has 1 aromatic rings. The molecule has 1 rings (SSSR count). The van der Waals surface area contributed by atoms with Crippen LogP contribution in [0.25, 0.3) is 0 Å². The summed E-state index contributed by atoms with van der Waals surface area (Å²) in [4.78, 5) is 11.7. The molecule has 0 aliphatic rings. The molecule has 0 saturated heterocycles. The van der Waals surface area contributed by atoms with Gasteiger partial charge in [0.2, 0.25) is 0 Å². The summed E-state index contributed by atoms with van der Waals surface area (Å²) < 4.78 is 27.1. The number of hydrogen-bond donors (Lipinski definition) is 2. The number of halogens is 1. The number of hydrogen-bond acceptors (Lipinski definition) is 3. The van der Waals surface area contributed by atoms with Crippen LogP contribution in [0.2, 0.25) is 0 Å². The van der Waals surface area contributed by atoms with Gasteiger partial charge in [0.1, 0.15) is 0 Å². The lowest BCUT2D eigenvalue weighted by atomic mass is 10.2. The first-order valence-electron chi connectivity index (χ1n) is 5.54. The zero-order chi connectivity index (χ0) is 14.5. The van der Waals surface area contributed by atoms with Crippen molar-refractivity contribution in [1.29, 1.82) is 0 Å². The highest BCUT2D eigenvalue weighted by molar-refractivity contribution is 9.10. The Balaban J connectivity index is 2.38. The normalized spacial score (nSPS) is 11.6. The molecule has 0 spiro atoms. The van der Waals surface area contributed by atoms with Gasteiger partial charge in [-0.05, 0) is 24.3 Å². The third kappa shape index (κ3) is 5.27. The summed E-state index contributed by atoms with van der Waals surface area (Å²) >= 11 is 3.28. The van der Waals surface area contributed by atoms with E-state index in [4.69, 9.17) is 0 Å². The van der Waals surface area contributed by atoms with Gasteiger partial charge in [-0.25, -0.2) is 4.72 Å². The first-order chi connectivity index (χ1) is 8.83. The van der Waals surface area contributed by atoms with Crippen LogP contribution in [0, 0.1) is 0 Å². The average molecular weight is 350 g/mol. The number of rotatable bonds is 6. The molecule has 0 aliphatic heterocycles. The van der Waals surface area contributed by atoms with E-state index in [-0.39, 0.29) is 19.0 Å². The van der Waals surface area contributed by atoms with Gasteiger partial charge in [-0.3, -0.25) is 4.79 Å². The van der Waals surface area contributed by atoms with Crippen molar-refractivity contribution in [3.63, 3.8) is 0 Å². The fourth-order valence-corrected chi connectivity index (χ4v) is 2.07. The second-order valence-electron chi connectivity index (χ2n) is 3.94. The first kappa shape index (κ1) is 16.1. The molecule has 0 atom stereocenters. The van der Waals surface area contributed by atoms with E-state index in [1.165, 1.54) is 14.1 Å². The Morgan fingerprint density at radius 3 is 2.32 bits per heavy atom. The predicted octanol–water partition coefficient (Wildman–Crippen LogP) is 0.575. The Hall–Kier alpha value is -0.960. The Kier molecular flexibility index (Phi) is 5.92. The minimum atomic E-state index is -3.44. The molecule has 0 fully saturated rings. The van der Waals surface area contributed by atoms with Crippen molar-refractivity contribution in [2.45, 2.75) is 0 Å². The zero-order valence-electron chi connectivity index (χ0n) is 10.7. The fraction of sp³-hybridized carbons (Fsp3) is 0.364. The highest BCUT2D eigenvalue weighted by Crippen LogP contribution is 2.10. The Labute approximate surface area is 121 Å². The SMILES string of the molecule is CN(C)S(=O)(=O)NCCNC(=O)c1ccc(Br)cc1. The molecule has 1 aromatic carbocycles. The molecule has 0 heterocycles. The van der Waals surface area contributed by atoms with Crippen molar-refractivity contribution in [1.82, 2.24) is 14.3 Å². The van der Waals surface area contributed by atoms with Crippen LogP contribution in [0.3, 0.4) is 0 Å². The molecule has 6 nitrogen and oxygen atoms in total. The third-order valence-corrected chi connectivity index (χ3v) is 4.34. The molecule has 2 N–H and O–H groups in total. The molecule has 106 valence electrons. The topological polar surface area (TPSA) is 78.5 Å². The largest absolute Gasteiger partial charge is 0.351 e. The number of carbonyl (C=O) groups excluding carboxylic acids is 1. The van der Waals surface area contributed by atoms with Crippen LogP contribution < -0.4 is 10.0 Å². The summed E-state index contributed by atoms with van der Waals surface area (Å²) in [6, 6.07) is 6.90. The second kappa shape index (κ2) is 6.99. The minimum absolute atomic E-state index is 0.142. The molecular weight excluding hydrogens is 334 g/mol. The quantitative estimate of drug-likeness (QED) is 0.737. The van der Waals surface area contributed by atoms with Gasteiger partial charge >= 0.3 is 0 Å². The lowest BCUT2D eigenvalue weighted by Crippen LogP contribution is -2.40. The van der Waals surface area contributed by atoms with Gasteiger partial charge in [-0.1, -0.05) is 15.9 Å². The van der Waals surface area contributed by atoms with Gasteiger partial charge < -0.3 is 5.32 Å². The monoisotopic (exact) mass is 349 g/mol. The summed E-state index contributed by atoms with van der Waals surface area (Å²) in [7, 11) is -0.574. The maximum Gasteiger partial charge on any atom is 0.278 e. The van der Waals surface area contributed by atoms with E-state index in [0.29, 0.717) is 5.56 Å². The van der Waals surface area contributed by atoms with Gasteiger partial charge in [0, 0.05) is 37.2 Å². The molecule has 0 saturated carbocycles. The van der Waals surface area contributed by atoms with E-state index in [0.717, 1.165) is 8.78 Å². The summed E-state index contributed by atoms with van der Waals surface area (Å²) in [5.74, 6) is -0.239. The van der Waals surface area contributed by atoms with Crippen molar-refractivity contribution >= 4 is 32.0 Å². The highest BCUT2D eigenvalue weighted by Gasteiger charge is 2.11. The molecule has 0 aliphatic carbocycles. The van der Waals surface area contributed by atoms with Crippen molar-refractivity contribution in [2.75, 3.05) is 27.2 Å². The molecule has 0 radical (unpaired) electrons. The van der Waals surface area contributed by atoms with E-state index in [1.807, 2.05) is 0 Å². The molecule has 0 unspecified atom stereocenters. The number of benzene rings is 1. The first-order valence-corrected chi connectivity index (χ1v) is 7.77. The van der Waals surface area contributed by atoms with E-state index >= 15 is 0 Å². The Bertz CT molecular complexity index is 529. The highest BCUT2D eigenvalue weighted by atomic mass is 79.9. The van der Waals surface area contributed by atoms with Gasteiger partial charge in [0.15, 0.2) is 0 Å². The maximum atomic E-state index is 11.7. The lowest BCUT2D eigenvalue weighted by molar-refractivity contribution is 0.0954. The van der Waals surface area contributed by atoms with E-state index < -0.39 is 10.2 Å². The van der Waals surface area contributed by atoms with Crippen molar-refractivity contribution in [3.8, 4) is 0 Å². The van der Waals surface area contributed by atoms with Crippen LogP contribution in [0.5, 0.6) is 0 Å². The fourth-order valence-electron chi connectivity index (χ4n) is 1.19. The minimum Gasteiger partial charge on any atom is -0.351 e. The number of nitrogens with one attached hydrogen (secondary N) is 2. The Morgan fingerprint density at radius 1 is 1.21 bits per heavy atom. The molecule has 0 aromatic heterocycles. The van der Waals surface area contributed by atoms with E-state index in [1.54, 1.807) is 24.3 Å². The predicted molar refractivity (Wildman–Crippen MR) is 77.1 cm³/mol. The van der Waals surface area contributed by atoms with Crippen molar-refractivity contribution in [2.24, 2.45) is 0 Å². The molecule has 0 bridgehead atoms. The molecule has 19 heavy (non-hydrogen) atoms. The zero-order valence-corrected chi connectivity index (χ0v) is 13.1. The van der Waals surface area contributed by atoms with Crippen LogP contribution in [-0.4, -0.2) is 45.8 Å². The van der Waals surface area contributed by atoms with Gasteiger partial charge in [-0.2, -0.15) is 12.7 Å². The van der Waals surface area contributed by atoms with E-state index in [2.05, 4.69) is 26.0 Å². The summed E-state index contributed by atoms with van der Waals surface area (Å²) in [5, 5.41) is 2.63. The molecule has 1 amide bonds. The smallest absolute Gasteiger partial charge is 0.278 e. The van der Waals surface area contributed by atoms with Gasteiger partial charge in [0.05, 0.1) is 0 Å². The van der Waals surface area contributed by atoms with Crippen LogP contribution in [0.4, 0.5) is 0 Å². The number of carbonyl (C=O) groups is 1. The van der Waals surface area contributed by atoms with Crippen LogP contribution in [0.1, 0.15) is 10.4 Å². The van der Waals surface area contributed by atoms with Crippen LogP contribution >= 0.6 is 15.9 Å². The van der Waals surface area contributed by atoms with E-state index in [9.17, 15) is 13.2 Å². The number of nitrogens with zero attached hydrogens (tertiary/aromatic N) is 1. The van der Waals surface area contributed by atoms with Crippen molar-refractivity contribution in [3.05, 3.63) is 34.3 Å². The van der Waals surface area contributed by atoms with Gasteiger partial charge in [-0.15, -0.1) is 0 Å². The van der Waals surface area contributed by atoms with Gasteiger partial charge in [0.25, 0.3) is 16.1 Å². The average Bonchev–Trinajstić information content (AvgIpc) is 2.35. The standard InChI is InChI=1S/C11H16BrN3O3S/c1-15(2)19(17,18)14-8-7-13-11(16)9-3-5-10(12)6-4-9/h3-6,14H,7-8H2,1-2H3,(H,13,16). The van der Waals surface area contributed by atoms with Crippen LogP contribution in [0.15, 0.2) is 28.7 Å². The Morgan fingerprint density at radius 2 is 1.79 bits per heavy atom.